The highest BCUT2D eigenvalue weighted by molar-refractivity contribution is 6.00. The Labute approximate surface area is 83.3 Å². The van der Waals surface area contributed by atoms with Gasteiger partial charge in [-0.1, -0.05) is 6.07 Å². The van der Waals surface area contributed by atoms with Gasteiger partial charge >= 0.3 is 0 Å². The van der Waals surface area contributed by atoms with Gasteiger partial charge in [0, 0.05) is 14.1 Å². The highest BCUT2D eigenvalue weighted by Gasteiger charge is 2.13. The van der Waals surface area contributed by atoms with Crippen LogP contribution in [0.25, 0.3) is 0 Å². The zero-order chi connectivity index (χ0) is 10.7. The molecule has 0 unspecified atom stereocenters. The summed E-state index contributed by atoms with van der Waals surface area (Å²) in [7, 11) is 4.89. The average molecular weight is 194 g/mol. The molecule has 2 N–H and O–H groups in total. The molecule has 0 fully saturated rings. The Morgan fingerprint density at radius 2 is 2.07 bits per heavy atom. The first-order chi connectivity index (χ1) is 6.57. The number of methoxy groups -OCH3 is 1. The third-order valence-electron chi connectivity index (χ3n) is 1.92. The van der Waals surface area contributed by atoms with Crippen molar-refractivity contribution < 1.29 is 9.53 Å². The molecule has 0 spiro atoms. The van der Waals surface area contributed by atoms with Gasteiger partial charge in [-0.3, -0.25) is 4.79 Å². The minimum absolute atomic E-state index is 0.124. The van der Waals surface area contributed by atoms with E-state index >= 15 is 0 Å². The summed E-state index contributed by atoms with van der Waals surface area (Å²) in [6.07, 6.45) is 0. The number of para-hydroxylation sites is 1. The standard InChI is InChI=1S/C10H14N2O2/c1-12(2)10(13)7-5-4-6-8(14-3)9(7)11/h4-6H,11H2,1-3H3. The van der Waals surface area contributed by atoms with Gasteiger partial charge in [0.15, 0.2) is 0 Å². The van der Waals surface area contributed by atoms with Gasteiger partial charge in [-0.05, 0) is 12.1 Å². The van der Waals surface area contributed by atoms with E-state index in [-0.39, 0.29) is 5.91 Å². The molecular formula is C10H14N2O2. The molecule has 0 atom stereocenters. The Bertz CT molecular complexity index is 348. The number of rotatable bonds is 2. The number of hydrogen-bond acceptors (Lipinski definition) is 3. The summed E-state index contributed by atoms with van der Waals surface area (Å²) in [6.45, 7) is 0. The highest BCUT2D eigenvalue weighted by atomic mass is 16.5. The van der Waals surface area contributed by atoms with Crippen molar-refractivity contribution >= 4 is 11.6 Å². The summed E-state index contributed by atoms with van der Waals surface area (Å²) >= 11 is 0. The van der Waals surface area contributed by atoms with Gasteiger partial charge in [0.2, 0.25) is 0 Å². The maximum absolute atomic E-state index is 11.6. The number of nitrogens with zero attached hydrogens (tertiary/aromatic N) is 1. The van der Waals surface area contributed by atoms with E-state index in [9.17, 15) is 4.79 Å². The monoisotopic (exact) mass is 194 g/mol. The molecule has 1 rings (SSSR count). The van der Waals surface area contributed by atoms with Crippen LogP contribution in [0.1, 0.15) is 10.4 Å². The molecule has 4 nitrogen and oxygen atoms in total. The molecule has 14 heavy (non-hydrogen) atoms. The molecule has 0 aliphatic carbocycles. The Morgan fingerprint density at radius 3 is 2.57 bits per heavy atom. The quantitative estimate of drug-likeness (QED) is 0.714. The van der Waals surface area contributed by atoms with E-state index in [1.165, 1.54) is 12.0 Å². The van der Waals surface area contributed by atoms with Crippen molar-refractivity contribution in [2.75, 3.05) is 26.9 Å². The molecule has 0 saturated heterocycles. The smallest absolute Gasteiger partial charge is 0.255 e. The number of amides is 1. The van der Waals surface area contributed by atoms with E-state index in [1.807, 2.05) is 0 Å². The number of nitrogen functional groups attached to an aromatic ring is 1. The number of anilines is 1. The molecule has 0 aliphatic heterocycles. The van der Waals surface area contributed by atoms with Crippen LogP contribution in [0.2, 0.25) is 0 Å². The summed E-state index contributed by atoms with van der Waals surface area (Å²) in [5.41, 5.74) is 6.61. The lowest BCUT2D eigenvalue weighted by Gasteiger charge is -2.13. The molecule has 0 heterocycles. The SMILES string of the molecule is COc1cccc(C(=O)N(C)C)c1N. The van der Waals surface area contributed by atoms with Gasteiger partial charge in [0.25, 0.3) is 5.91 Å². The van der Waals surface area contributed by atoms with Crippen molar-refractivity contribution in [1.29, 1.82) is 0 Å². The fraction of sp³-hybridized carbons (Fsp3) is 0.300. The van der Waals surface area contributed by atoms with Crippen molar-refractivity contribution in [1.82, 2.24) is 4.90 Å². The third kappa shape index (κ3) is 1.79. The lowest BCUT2D eigenvalue weighted by atomic mass is 10.1. The van der Waals surface area contributed by atoms with Gasteiger partial charge in [-0.15, -0.1) is 0 Å². The van der Waals surface area contributed by atoms with E-state index in [4.69, 9.17) is 10.5 Å². The van der Waals surface area contributed by atoms with Crippen LogP contribution in [0.15, 0.2) is 18.2 Å². The van der Waals surface area contributed by atoms with E-state index in [0.717, 1.165) is 0 Å². The van der Waals surface area contributed by atoms with Gasteiger partial charge in [-0.2, -0.15) is 0 Å². The molecule has 0 saturated carbocycles. The lowest BCUT2D eigenvalue weighted by molar-refractivity contribution is 0.0828. The molecular weight excluding hydrogens is 180 g/mol. The van der Waals surface area contributed by atoms with Crippen LogP contribution in [0.5, 0.6) is 5.75 Å². The minimum Gasteiger partial charge on any atom is -0.495 e. The van der Waals surface area contributed by atoms with Gasteiger partial charge in [0.05, 0.1) is 18.4 Å². The Balaban J connectivity index is 3.16. The Morgan fingerprint density at radius 1 is 1.43 bits per heavy atom. The second-order valence-electron chi connectivity index (χ2n) is 3.12. The number of ether oxygens (including phenoxy) is 1. The molecule has 4 heteroatoms. The second kappa shape index (κ2) is 4.00. The summed E-state index contributed by atoms with van der Waals surface area (Å²) < 4.78 is 5.02. The molecule has 1 aromatic carbocycles. The van der Waals surface area contributed by atoms with Crippen LogP contribution in [-0.2, 0) is 0 Å². The Kier molecular flexibility index (Phi) is 2.96. The van der Waals surface area contributed by atoms with Crippen molar-refractivity contribution in [2.24, 2.45) is 0 Å². The minimum atomic E-state index is -0.124. The van der Waals surface area contributed by atoms with E-state index < -0.39 is 0 Å². The predicted octanol–water partition coefficient (Wildman–Crippen LogP) is 0.979. The largest absolute Gasteiger partial charge is 0.495 e. The molecule has 0 aliphatic rings. The van der Waals surface area contributed by atoms with E-state index in [1.54, 1.807) is 32.3 Å². The van der Waals surface area contributed by atoms with Crippen molar-refractivity contribution in [3.63, 3.8) is 0 Å². The maximum Gasteiger partial charge on any atom is 0.255 e. The van der Waals surface area contributed by atoms with Crippen LogP contribution >= 0.6 is 0 Å². The molecule has 1 aromatic rings. The second-order valence-corrected chi connectivity index (χ2v) is 3.12. The normalized spacial score (nSPS) is 9.64. The maximum atomic E-state index is 11.6. The fourth-order valence-corrected chi connectivity index (χ4v) is 1.15. The number of nitrogens with two attached hydrogens (primary N) is 1. The Hall–Kier alpha value is -1.71. The van der Waals surface area contributed by atoms with Crippen LogP contribution in [0.4, 0.5) is 5.69 Å². The topological polar surface area (TPSA) is 55.6 Å². The van der Waals surface area contributed by atoms with E-state index in [0.29, 0.717) is 17.0 Å². The van der Waals surface area contributed by atoms with Crippen LogP contribution in [0.3, 0.4) is 0 Å². The number of hydrogen-bond donors (Lipinski definition) is 1. The third-order valence-corrected chi connectivity index (χ3v) is 1.92. The molecule has 0 radical (unpaired) electrons. The fourth-order valence-electron chi connectivity index (χ4n) is 1.15. The number of benzene rings is 1. The average Bonchev–Trinajstić information content (AvgIpc) is 2.17. The van der Waals surface area contributed by atoms with Gasteiger partial charge in [-0.25, -0.2) is 0 Å². The van der Waals surface area contributed by atoms with Crippen LogP contribution in [0, 0.1) is 0 Å². The summed E-state index contributed by atoms with van der Waals surface area (Å²) in [5, 5.41) is 0. The van der Waals surface area contributed by atoms with Gasteiger partial charge < -0.3 is 15.4 Å². The van der Waals surface area contributed by atoms with Crippen molar-refractivity contribution in [3.05, 3.63) is 23.8 Å². The molecule has 0 bridgehead atoms. The van der Waals surface area contributed by atoms with E-state index in [2.05, 4.69) is 0 Å². The summed E-state index contributed by atoms with van der Waals surface area (Å²) in [4.78, 5) is 13.1. The van der Waals surface area contributed by atoms with Crippen LogP contribution < -0.4 is 10.5 Å². The number of carbonyl (C=O) groups is 1. The summed E-state index contributed by atoms with van der Waals surface area (Å²) in [6, 6.07) is 5.15. The zero-order valence-electron chi connectivity index (χ0n) is 8.57. The molecule has 0 aromatic heterocycles. The lowest BCUT2D eigenvalue weighted by Crippen LogP contribution is -2.22. The first kappa shape index (κ1) is 10.4. The van der Waals surface area contributed by atoms with Crippen molar-refractivity contribution in [3.8, 4) is 5.75 Å². The summed E-state index contributed by atoms with van der Waals surface area (Å²) in [5.74, 6) is 0.402. The number of carbonyl (C=O) groups excluding carboxylic acids is 1. The first-order valence-electron chi connectivity index (χ1n) is 4.22. The van der Waals surface area contributed by atoms with Crippen LogP contribution in [-0.4, -0.2) is 32.0 Å². The van der Waals surface area contributed by atoms with Gasteiger partial charge in [0.1, 0.15) is 5.75 Å². The highest BCUT2D eigenvalue weighted by Crippen LogP contribution is 2.25. The molecule has 76 valence electrons. The molecule has 1 amide bonds. The zero-order valence-corrected chi connectivity index (χ0v) is 8.57. The van der Waals surface area contributed by atoms with Crippen molar-refractivity contribution in [2.45, 2.75) is 0 Å². The first-order valence-corrected chi connectivity index (χ1v) is 4.22. The predicted molar refractivity (Wildman–Crippen MR) is 55.4 cm³/mol.